The first-order valence-corrected chi connectivity index (χ1v) is 7.17. The Hall–Kier alpha value is -4.68. The van der Waals surface area contributed by atoms with Crippen LogP contribution in [0.5, 0.6) is 34.5 Å². The van der Waals surface area contributed by atoms with E-state index in [4.69, 9.17) is 9.84 Å². The minimum Gasteiger partial charge on any atom is -0.512 e. The van der Waals surface area contributed by atoms with Gasteiger partial charge in [-0.2, -0.15) is 0 Å². The number of benzene rings is 2. The Morgan fingerprint density at radius 1 is 0.621 bits per heavy atom. The van der Waals surface area contributed by atoms with E-state index in [0.717, 1.165) is 36.4 Å². The van der Waals surface area contributed by atoms with Crippen molar-refractivity contribution in [3.8, 4) is 34.5 Å². The summed E-state index contributed by atoms with van der Waals surface area (Å²) in [5.74, 6) is -2.43. The molecule has 0 aliphatic carbocycles. The van der Waals surface area contributed by atoms with Crippen molar-refractivity contribution in [3.05, 3.63) is 36.4 Å². The maximum Gasteiger partial charge on any atom is 0.511 e. The first-order chi connectivity index (χ1) is 13.6. The summed E-state index contributed by atoms with van der Waals surface area (Å²) in [5, 5.41) is 40.4. The van der Waals surface area contributed by atoms with Crippen LogP contribution in [0.25, 0.3) is 0 Å². The summed E-state index contributed by atoms with van der Waals surface area (Å²) < 4.78 is 22.5. The zero-order valence-electron chi connectivity index (χ0n) is 13.8. The SMILES string of the molecule is O=C([O-])Oc1ccc(Oc2ccc(OC(=O)[O-])c(OC(=O)O)c2)cc1OC(=O)[O-]. The molecule has 0 aliphatic heterocycles. The Morgan fingerprint density at radius 3 is 1.38 bits per heavy atom. The topological polar surface area (TPSA) is 204 Å². The Bertz CT molecular complexity index is 888. The van der Waals surface area contributed by atoms with Crippen molar-refractivity contribution in [1.29, 1.82) is 0 Å². The lowest BCUT2D eigenvalue weighted by molar-refractivity contribution is -0.275. The second-order valence-corrected chi connectivity index (χ2v) is 4.74. The molecular formula is C16H7O13-3. The van der Waals surface area contributed by atoms with E-state index in [0.29, 0.717) is 0 Å². The minimum absolute atomic E-state index is 0.111. The molecule has 0 saturated heterocycles. The van der Waals surface area contributed by atoms with Gasteiger partial charge in [0.25, 0.3) is 18.5 Å². The van der Waals surface area contributed by atoms with Gasteiger partial charge < -0.3 is 58.5 Å². The van der Waals surface area contributed by atoms with Crippen molar-refractivity contribution in [1.82, 2.24) is 0 Å². The van der Waals surface area contributed by atoms with Crippen LogP contribution in [0.15, 0.2) is 36.4 Å². The second-order valence-electron chi connectivity index (χ2n) is 4.74. The summed E-state index contributed by atoms with van der Waals surface area (Å²) in [6, 6.07) is 6.12. The first kappa shape index (κ1) is 20.6. The van der Waals surface area contributed by atoms with Gasteiger partial charge in [0.05, 0.1) is 17.2 Å². The maximum absolute atomic E-state index is 10.7. The Morgan fingerprint density at radius 2 is 1.00 bits per heavy atom. The van der Waals surface area contributed by atoms with Crippen molar-refractivity contribution in [3.63, 3.8) is 0 Å². The summed E-state index contributed by atoms with van der Waals surface area (Å²) >= 11 is 0. The van der Waals surface area contributed by atoms with Crippen molar-refractivity contribution >= 4 is 24.6 Å². The van der Waals surface area contributed by atoms with E-state index in [1.807, 2.05) is 0 Å². The van der Waals surface area contributed by atoms with E-state index in [2.05, 4.69) is 18.9 Å². The highest BCUT2D eigenvalue weighted by Gasteiger charge is 2.12. The van der Waals surface area contributed by atoms with Crippen LogP contribution in [-0.4, -0.2) is 29.7 Å². The lowest BCUT2D eigenvalue weighted by Gasteiger charge is -2.18. The molecule has 0 aromatic heterocycles. The fraction of sp³-hybridized carbons (Fsp3) is 0. The summed E-state index contributed by atoms with van der Waals surface area (Å²) in [4.78, 5) is 42.4. The normalized spacial score (nSPS) is 9.79. The Balaban J connectivity index is 2.34. The quantitative estimate of drug-likeness (QED) is 0.483. The third kappa shape index (κ3) is 6.21. The maximum atomic E-state index is 10.7. The van der Waals surface area contributed by atoms with Crippen molar-refractivity contribution in [2.45, 2.75) is 0 Å². The van der Waals surface area contributed by atoms with Crippen molar-refractivity contribution in [2.24, 2.45) is 0 Å². The molecule has 29 heavy (non-hydrogen) atoms. The Labute approximate surface area is 159 Å². The molecule has 2 aromatic carbocycles. The zero-order valence-corrected chi connectivity index (χ0v) is 13.8. The second kappa shape index (κ2) is 8.81. The first-order valence-electron chi connectivity index (χ1n) is 7.17. The Kier molecular flexibility index (Phi) is 6.26. The molecular weight excluding hydrogens is 400 g/mol. The van der Waals surface area contributed by atoms with E-state index in [1.54, 1.807) is 0 Å². The van der Waals surface area contributed by atoms with Crippen LogP contribution < -0.4 is 39.0 Å². The van der Waals surface area contributed by atoms with Gasteiger partial charge in [0.2, 0.25) is 0 Å². The molecule has 13 heteroatoms. The van der Waals surface area contributed by atoms with Crippen molar-refractivity contribution < 1.29 is 63.3 Å². The molecule has 0 bridgehead atoms. The molecule has 0 atom stereocenters. The van der Waals surface area contributed by atoms with Gasteiger partial charge in [-0.15, -0.1) is 0 Å². The largest absolute Gasteiger partial charge is 0.512 e. The summed E-state index contributed by atoms with van der Waals surface area (Å²) in [7, 11) is 0. The van der Waals surface area contributed by atoms with Gasteiger partial charge in [-0.1, -0.05) is 0 Å². The van der Waals surface area contributed by atoms with E-state index in [1.165, 1.54) is 0 Å². The highest BCUT2D eigenvalue weighted by molar-refractivity contribution is 5.67. The van der Waals surface area contributed by atoms with Crippen LogP contribution in [0.4, 0.5) is 19.2 Å². The molecule has 2 aromatic rings. The van der Waals surface area contributed by atoms with Crippen LogP contribution in [0.1, 0.15) is 0 Å². The molecule has 0 aliphatic rings. The number of carbonyl (C=O) groups excluding carboxylic acids is 3. The van der Waals surface area contributed by atoms with Crippen LogP contribution >= 0.6 is 0 Å². The number of carboxylic acid groups (broad SMARTS) is 4. The third-order valence-corrected chi connectivity index (χ3v) is 2.84. The number of hydrogen-bond acceptors (Lipinski definition) is 12. The van der Waals surface area contributed by atoms with Gasteiger partial charge in [-0.3, -0.25) is 0 Å². The van der Waals surface area contributed by atoms with Crippen molar-refractivity contribution in [2.75, 3.05) is 0 Å². The molecule has 1 N–H and O–H groups in total. The van der Waals surface area contributed by atoms with E-state index >= 15 is 0 Å². The summed E-state index contributed by atoms with van der Waals surface area (Å²) in [5.41, 5.74) is 0. The molecule has 0 fully saturated rings. The highest BCUT2D eigenvalue weighted by Crippen LogP contribution is 2.37. The third-order valence-electron chi connectivity index (χ3n) is 2.84. The molecule has 0 saturated carbocycles. The van der Waals surface area contributed by atoms with Crippen LogP contribution in [0.2, 0.25) is 0 Å². The lowest BCUT2D eigenvalue weighted by Crippen LogP contribution is -2.29. The van der Waals surface area contributed by atoms with Gasteiger partial charge in [-0.25, -0.2) is 4.79 Å². The fourth-order valence-electron chi connectivity index (χ4n) is 1.93. The van der Waals surface area contributed by atoms with E-state index < -0.39 is 47.6 Å². The predicted molar refractivity (Wildman–Crippen MR) is 79.7 cm³/mol. The molecule has 0 amide bonds. The molecule has 13 nitrogen and oxygen atoms in total. The standard InChI is InChI=1S/C16H10O13/c17-13(18)26-9-3-1-7(5-11(9)28-15(21)22)25-8-2-4-10(27-14(19)20)12(6-8)29-16(23)24/h1-6H,(H,17,18)(H,19,20)(H,21,22)(H,23,24)/p-3. The fourth-order valence-corrected chi connectivity index (χ4v) is 1.93. The van der Waals surface area contributed by atoms with Gasteiger partial charge in [0.1, 0.15) is 11.5 Å². The number of carbonyl (C=O) groups is 4. The summed E-state index contributed by atoms with van der Waals surface area (Å²) in [6.07, 6.45) is -7.76. The highest BCUT2D eigenvalue weighted by atomic mass is 16.7. The van der Waals surface area contributed by atoms with Crippen LogP contribution in [0.3, 0.4) is 0 Å². The lowest BCUT2D eigenvalue weighted by atomic mass is 10.2. The van der Waals surface area contributed by atoms with Gasteiger partial charge in [0, 0.05) is 12.1 Å². The van der Waals surface area contributed by atoms with Crippen LogP contribution in [0, 0.1) is 0 Å². The molecule has 152 valence electrons. The molecule has 0 spiro atoms. The molecule has 0 unspecified atom stereocenters. The molecule has 0 heterocycles. The molecule has 2 rings (SSSR count). The summed E-state index contributed by atoms with van der Waals surface area (Å²) in [6.45, 7) is 0. The van der Waals surface area contributed by atoms with Gasteiger partial charge in [0.15, 0.2) is 5.75 Å². The number of hydrogen-bond donors (Lipinski definition) is 1. The van der Waals surface area contributed by atoms with Crippen LogP contribution in [-0.2, 0) is 0 Å². The number of rotatable bonds is 6. The molecule has 0 radical (unpaired) electrons. The number of ether oxygens (including phenoxy) is 5. The average Bonchev–Trinajstić information content (AvgIpc) is 2.58. The van der Waals surface area contributed by atoms with Gasteiger partial charge in [-0.05, 0) is 24.3 Å². The zero-order chi connectivity index (χ0) is 21.6. The van der Waals surface area contributed by atoms with E-state index in [-0.39, 0.29) is 11.5 Å². The minimum atomic E-state index is -2.02. The predicted octanol–water partition coefficient (Wildman–Crippen LogP) is -0.298. The smallest absolute Gasteiger partial charge is 0.511 e. The van der Waals surface area contributed by atoms with Gasteiger partial charge >= 0.3 is 6.16 Å². The van der Waals surface area contributed by atoms with E-state index in [9.17, 15) is 34.5 Å². The monoisotopic (exact) mass is 407 g/mol. The average molecular weight is 407 g/mol.